The van der Waals surface area contributed by atoms with Gasteiger partial charge in [0.25, 0.3) is 0 Å². The van der Waals surface area contributed by atoms with Crippen LogP contribution >= 0.6 is 0 Å². The van der Waals surface area contributed by atoms with E-state index in [4.69, 9.17) is 0 Å². The standard InChI is InChI=1S/C32H33N3/c1-4-5-12-26-22(2)34(30-16-9-6-13-27(26)30)24-19-23(33-3)20-25(21-24)35-31-17-10-7-14-28(31)29-15-8-11-18-32(29)35/h6-11,13-22,26,33H,4-5,12H2,1-3H3. The zero-order valence-corrected chi connectivity index (χ0v) is 20.8. The van der Waals surface area contributed by atoms with Crippen LogP contribution in [0.15, 0.2) is 91.0 Å². The largest absolute Gasteiger partial charge is 0.388 e. The number of rotatable bonds is 6. The minimum absolute atomic E-state index is 0.414. The number of anilines is 3. The molecule has 2 atom stereocenters. The molecule has 0 fully saturated rings. The van der Waals surface area contributed by atoms with Crippen molar-refractivity contribution in [2.24, 2.45) is 0 Å². The van der Waals surface area contributed by atoms with Crippen LogP contribution in [0.25, 0.3) is 27.5 Å². The van der Waals surface area contributed by atoms with E-state index in [2.05, 4.69) is 120 Å². The molecule has 0 saturated heterocycles. The van der Waals surface area contributed by atoms with Crippen LogP contribution < -0.4 is 10.2 Å². The van der Waals surface area contributed by atoms with Crippen molar-refractivity contribution < 1.29 is 0 Å². The first-order valence-electron chi connectivity index (χ1n) is 12.9. The highest BCUT2D eigenvalue weighted by Crippen LogP contribution is 2.48. The Morgan fingerprint density at radius 2 is 1.40 bits per heavy atom. The first kappa shape index (κ1) is 21.8. The van der Waals surface area contributed by atoms with Crippen molar-refractivity contribution in [3.63, 3.8) is 0 Å². The summed E-state index contributed by atoms with van der Waals surface area (Å²) >= 11 is 0. The van der Waals surface area contributed by atoms with Crippen LogP contribution in [-0.4, -0.2) is 17.7 Å². The number of hydrogen-bond acceptors (Lipinski definition) is 2. The van der Waals surface area contributed by atoms with Crippen LogP contribution in [0.5, 0.6) is 0 Å². The maximum absolute atomic E-state index is 3.43. The minimum atomic E-state index is 0.414. The molecular formula is C32H33N3. The molecule has 35 heavy (non-hydrogen) atoms. The van der Waals surface area contributed by atoms with E-state index in [1.54, 1.807) is 0 Å². The summed E-state index contributed by atoms with van der Waals surface area (Å²) in [6.07, 6.45) is 3.73. The molecule has 2 heterocycles. The average molecular weight is 460 g/mol. The number of fused-ring (bicyclic) bond motifs is 4. The van der Waals surface area contributed by atoms with Gasteiger partial charge in [0.15, 0.2) is 0 Å². The van der Waals surface area contributed by atoms with Crippen LogP contribution in [0.4, 0.5) is 17.1 Å². The summed E-state index contributed by atoms with van der Waals surface area (Å²) in [5, 5.41) is 6.02. The third kappa shape index (κ3) is 3.49. The Kier molecular flexibility index (Phi) is 5.49. The van der Waals surface area contributed by atoms with Crippen LogP contribution in [0.1, 0.15) is 44.6 Å². The fraction of sp³-hybridized carbons (Fsp3) is 0.250. The lowest BCUT2D eigenvalue weighted by Crippen LogP contribution is -2.27. The summed E-state index contributed by atoms with van der Waals surface area (Å²) < 4.78 is 2.41. The van der Waals surface area contributed by atoms with Gasteiger partial charge in [0.1, 0.15) is 0 Å². The Hall–Kier alpha value is -3.72. The lowest BCUT2D eigenvalue weighted by atomic mass is 9.91. The second-order valence-electron chi connectivity index (χ2n) is 9.78. The third-order valence-corrected chi connectivity index (χ3v) is 7.76. The molecule has 0 spiro atoms. The molecule has 0 amide bonds. The first-order chi connectivity index (χ1) is 17.2. The summed E-state index contributed by atoms with van der Waals surface area (Å²) in [5.41, 5.74) is 8.87. The van der Waals surface area contributed by atoms with Crippen molar-refractivity contribution in [1.29, 1.82) is 0 Å². The van der Waals surface area contributed by atoms with Gasteiger partial charge in [-0.15, -0.1) is 0 Å². The highest BCUT2D eigenvalue weighted by molar-refractivity contribution is 6.09. The summed E-state index contributed by atoms with van der Waals surface area (Å²) in [6, 6.07) is 33.8. The summed E-state index contributed by atoms with van der Waals surface area (Å²) in [7, 11) is 2.01. The molecule has 0 saturated carbocycles. The zero-order valence-electron chi connectivity index (χ0n) is 20.8. The summed E-state index contributed by atoms with van der Waals surface area (Å²) in [4.78, 5) is 2.56. The Labute approximate surface area is 208 Å². The van der Waals surface area contributed by atoms with Gasteiger partial charge in [-0.2, -0.15) is 0 Å². The molecule has 1 aliphatic heterocycles. The van der Waals surface area contributed by atoms with E-state index >= 15 is 0 Å². The quantitative estimate of drug-likeness (QED) is 0.274. The van der Waals surface area contributed by atoms with Gasteiger partial charge >= 0.3 is 0 Å². The molecular weight excluding hydrogens is 426 g/mol. The summed E-state index contributed by atoms with van der Waals surface area (Å²) in [6.45, 7) is 4.68. The second kappa shape index (κ2) is 8.81. The number of benzene rings is 4. The molecule has 3 nitrogen and oxygen atoms in total. The van der Waals surface area contributed by atoms with Gasteiger partial charge in [-0.1, -0.05) is 74.4 Å². The fourth-order valence-corrected chi connectivity index (χ4v) is 6.08. The molecule has 0 radical (unpaired) electrons. The van der Waals surface area contributed by atoms with Crippen LogP contribution in [-0.2, 0) is 0 Å². The Bertz CT molecular complexity index is 1460. The smallest absolute Gasteiger partial charge is 0.0541 e. The van der Waals surface area contributed by atoms with E-state index in [-0.39, 0.29) is 0 Å². The molecule has 176 valence electrons. The number of hydrogen-bond donors (Lipinski definition) is 1. The van der Waals surface area contributed by atoms with Gasteiger partial charge in [0.2, 0.25) is 0 Å². The van der Waals surface area contributed by atoms with Crippen molar-refractivity contribution in [3.05, 3.63) is 96.6 Å². The SMILES string of the molecule is CCCCC1c2ccccc2N(c2cc(NC)cc(-n3c4ccccc4c4ccccc43)c2)C1C. The van der Waals surface area contributed by atoms with E-state index in [1.807, 2.05) is 7.05 Å². The van der Waals surface area contributed by atoms with E-state index in [0.717, 1.165) is 5.69 Å². The van der Waals surface area contributed by atoms with Crippen LogP contribution in [0.2, 0.25) is 0 Å². The number of para-hydroxylation sites is 3. The van der Waals surface area contributed by atoms with Crippen LogP contribution in [0.3, 0.4) is 0 Å². The molecule has 4 aromatic carbocycles. The highest BCUT2D eigenvalue weighted by atomic mass is 15.2. The van der Waals surface area contributed by atoms with Gasteiger partial charge < -0.3 is 14.8 Å². The Morgan fingerprint density at radius 1 is 0.771 bits per heavy atom. The van der Waals surface area contributed by atoms with E-state index in [1.165, 1.54) is 63.7 Å². The predicted molar refractivity (Wildman–Crippen MR) is 151 cm³/mol. The van der Waals surface area contributed by atoms with Crippen molar-refractivity contribution in [2.45, 2.75) is 45.1 Å². The second-order valence-corrected chi connectivity index (χ2v) is 9.78. The van der Waals surface area contributed by atoms with E-state index in [0.29, 0.717) is 12.0 Å². The number of unbranched alkanes of at least 4 members (excludes halogenated alkanes) is 1. The minimum Gasteiger partial charge on any atom is -0.388 e. The molecule has 2 unspecified atom stereocenters. The van der Waals surface area contributed by atoms with E-state index < -0.39 is 0 Å². The van der Waals surface area contributed by atoms with Crippen LogP contribution in [0, 0.1) is 0 Å². The molecule has 0 aliphatic carbocycles. The topological polar surface area (TPSA) is 20.2 Å². The zero-order chi connectivity index (χ0) is 23.9. The van der Waals surface area contributed by atoms with Gasteiger partial charge in [-0.05, 0) is 55.3 Å². The predicted octanol–water partition coefficient (Wildman–Crippen LogP) is 8.64. The number of nitrogens with zero attached hydrogens (tertiary/aromatic N) is 2. The maximum Gasteiger partial charge on any atom is 0.0541 e. The van der Waals surface area contributed by atoms with Gasteiger partial charge in [0.05, 0.1) is 16.7 Å². The lowest BCUT2D eigenvalue weighted by Gasteiger charge is -2.29. The molecule has 1 aliphatic rings. The molecule has 1 aromatic heterocycles. The fourth-order valence-electron chi connectivity index (χ4n) is 6.08. The van der Waals surface area contributed by atoms with Gasteiger partial charge in [-0.25, -0.2) is 0 Å². The normalized spacial score (nSPS) is 17.3. The van der Waals surface area contributed by atoms with Gasteiger partial charge in [-0.3, -0.25) is 0 Å². The summed E-state index contributed by atoms with van der Waals surface area (Å²) in [5.74, 6) is 0.557. The number of aromatic nitrogens is 1. The third-order valence-electron chi connectivity index (χ3n) is 7.76. The maximum atomic E-state index is 3.43. The van der Waals surface area contributed by atoms with Crippen molar-refractivity contribution in [2.75, 3.05) is 17.3 Å². The molecule has 6 rings (SSSR count). The molecule has 3 heteroatoms. The molecule has 1 N–H and O–H groups in total. The van der Waals surface area contributed by atoms with E-state index in [9.17, 15) is 0 Å². The van der Waals surface area contributed by atoms with Crippen molar-refractivity contribution in [1.82, 2.24) is 4.57 Å². The lowest BCUT2D eigenvalue weighted by molar-refractivity contribution is 0.530. The first-order valence-corrected chi connectivity index (χ1v) is 12.9. The molecule has 0 bridgehead atoms. The van der Waals surface area contributed by atoms with Crippen molar-refractivity contribution in [3.8, 4) is 5.69 Å². The molecule has 5 aromatic rings. The Balaban J connectivity index is 1.55. The average Bonchev–Trinajstić information content (AvgIpc) is 3.38. The number of nitrogens with one attached hydrogen (secondary N) is 1. The monoisotopic (exact) mass is 459 g/mol. The van der Waals surface area contributed by atoms with Gasteiger partial charge in [0, 0.05) is 46.8 Å². The highest BCUT2D eigenvalue weighted by Gasteiger charge is 2.36. The van der Waals surface area contributed by atoms with Crippen molar-refractivity contribution >= 4 is 38.9 Å². The Morgan fingerprint density at radius 3 is 2.09 bits per heavy atom.